The molecule has 0 fully saturated rings. The van der Waals surface area contributed by atoms with E-state index < -0.39 is 0 Å². The third-order valence-electron chi connectivity index (χ3n) is 1.82. The number of anilines is 1. The minimum Gasteiger partial charge on any atom is -0.369 e. The summed E-state index contributed by atoms with van der Waals surface area (Å²) in [5.74, 6) is 0.908. The van der Waals surface area contributed by atoms with Gasteiger partial charge >= 0.3 is 0 Å². The molecule has 1 atom stereocenters. The fourth-order valence-corrected chi connectivity index (χ4v) is 1.51. The van der Waals surface area contributed by atoms with Gasteiger partial charge in [0.25, 0.3) is 0 Å². The van der Waals surface area contributed by atoms with Crippen molar-refractivity contribution < 1.29 is 0 Å². The summed E-state index contributed by atoms with van der Waals surface area (Å²) in [6.07, 6.45) is 5.72. The highest BCUT2D eigenvalue weighted by Crippen LogP contribution is 2.14. The molecule has 0 bridgehead atoms. The number of nitrogens with one attached hydrogen (secondary N) is 1. The molecule has 1 rings (SSSR count). The van der Waals surface area contributed by atoms with E-state index in [0.717, 1.165) is 17.4 Å². The molecule has 0 spiro atoms. The maximum absolute atomic E-state index is 4.15. The van der Waals surface area contributed by atoms with Gasteiger partial charge in [-0.3, -0.25) is 0 Å². The lowest BCUT2D eigenvalue weighted by molar-refractivity contribution is 0.970. The Balaban J connectivity index is 2.50. The Morgan fingerprint density at radius 3 is 2.86 bits per heavy atom. The number of rotatable bonds is 5. The molecule has 0 aliphatic carbocycles. The van der Waals surface area contributed by atoms with Gasteiger partial charge in [0.05, 0.1) is 0 Å². The van der Waals surface area contributed by atoms with Crippen molar-refractivity contribution in [1.29, 1.82) is 0 Å². The van der Waals surface area contributed by atoms with Crippen LogP contribution >= 0.6 is 23.5 Å². The van der Waals surface area contributed by atoms with Gasteiger partial charge in [-0.2, -0.15) is 11.8 Å². The van der Waals surface area contributed by atoms with Crippen LogP contribution in [0.25, 0.3) is 0 Å². The van der Waals surface area contributed by atoms with Gasteiger partial charge in [0.15, 0.2) is 0 Å². The van der Waals surface area contributed by atoms with E-state index in [1.165, 1.54) is 0 Å². The van der Waals surface area contributed by atoms with Crippen LogP contribution in [0.1, 0.15) is 6.92 Å². The minimum atomic E-state index is 0.600. The maximum Gasteiger partial charge on any atom is 0.130 e. The van der Waals surface area contributed by atoms with Crippen LogP contribution in [-0.2, 0) is 0 Å². The standard InChI is InChI=1S/C9H15N3S2/c1-7(13-2)5-10-8-4-9(14-3)12-6-11-8/h4,6-7H,5H2,1-3H3,(H,10,11,12). The average Bonchev–Trinajstić information content (AvgIpc) is 2.26. The second kappa shape index (κ2) is 6.14. The largest absolute Gasteiger partial charge is 0.369 e. The lowest BCUT2D eigenvalue weighted by Crippen LogP contribution is -2.13. The Morgan fingerprint density at radius 2 is 2.21 bits per heavy atom. The van der Waals surface area contributed by atoms with E-state index >= 15 is 0 Å². The molecule has 1 aromatic rings. The summed E-state index contributed by atoms with van der Waals surface area (Å²) < 4.78 is 0. The second-order valence-electron chi connectivity index (χ2n) is 2.87. The molecule has 78 valence electrons. The molecule has 5 heteroatoms. The topological polar surface area (TPSA) is 37.8 Å². The number of aromatic nitrogens is 2. The fourth-order valence-electron chi connectivity index (χ4n) is 0.879. The average molecular weight is 229 g/mol. The lowest BCUT2D eigenvalue weighted by atomic mass is 10.4. The van der Waals surface area contributed by atoms with Crippen molar-refractivity contribution in [3.05, 3.63) is 12.4 Å². The summed E-state index contributed by atoms with van der Waals surface area (Å²) in [6.45, 7) is 3.13. The van der Waals surface area contributed by atoms with Crippen LogP contribution in [0.15, 0.2) is 17.4 Å². The number of hydrogen-bond donors (Lipinski definition) is 1. The summed E-state index contributed by atoms with van der Waals surface area (Å²) in [6, 6.07) is 1.97. The predicted molar refractivity (Wildman–Crippen MR) is 65.3 cm³/mol. The van der Waals surface area contributed by atoms with Crippen molar-refractivity contribution in [2.75, 3.05) is 24.4 Å². The van der Waals surface area contributed by atoms with Crippen molar-refractivity contribution in [3.8, 4) is 0 Å². The van der Waals surface area contributed by atoms with Crippen LogP contribution in [0.4, 0.5) is 5.82 Å². The van der Waals surface area contributed by atoms with Crippen LogP contribution in [0, 0.1) is 0 Å². The van der Waals surface area contributed by atoms with Crippen LogP contribution in [-0.4, -0.2) is 34.3 Å². The van der Waals surface area contributed by atoms with E-state index in [1.807, 2.05) is 24.1 Å². The third-order valence-corrected chi connectivity index (χ3v) is 3.44. The van der Waals surface area contributed by atoms with Crippen molar-refractivity contribution in [2.45, 2.75) is 17.2 Å². The molecule has 14 heavy (non-hydrogen) atoms. The molecule has 0 aliphatic heterocycles. The van der Waals surface area contributed by atoms with E-state index in [4.69, 9.17) is 0 Å². The Bertz CT molecular complexity index is 281. The SMILES string of the molecule is CSc1cc(NCC(C)SC)ncn1. The van der Waals surface area contributed by atoms with Gasteiger partial charge in [-0.05, 0) is 12.5 Å². The minimum absolute atomic E-state index is 0.600. The summed E-state index contributed by atoms with van der Waals surface area (Å²) in [5, 5.41) is 4.88. The first kappa shape index (κ1) is 11.7. The molecule has 0 saturated heterocycles. The van der Waals surface area contributed by atoms with Gasteiger partial charge < -0.3 is 5.32 Å². The second-order valence-corrected chi connectivity index (χ2v) is 4.98. The van der Waals surface area contributed by atoms with Crippen LogP contribution < -0.4 is 5.32 Å². The van der Waals surface area contributed by atoms with Crippen molar-refractivity contribution in [1.82, 2.24) is 9.97 Å². The zero-order valence-electron chi connectivity index (χ0n) is 8.65. The monoisotopic (exact) mass is 229 g/mol. The van der Waals surface area contributed by atoms with Gasteiger partial charge in [0.2, 0.25) is 0 Å². The lowest BCUT2D eigenvalue weighted by Gasteiger charge is -2.10. The van der Waals surface area contributed by atoms with Crippen molar-refractivity contribution >= 4 is 29.3 Å². The van der Waals surface area contributed by atoms with Crippen molar-refractivity contribution in [2.24, 2.45) is 0 Å². The highest BCUT2D eigenvalue weighted by molar-refractivity contribution is 7.99. The highest BCUT2D eigenvalue weighted by Gasteiger charge is 2.00. The highest BCUT2D eigenvalue weighted by atomic mass is 32.2. The Kier molecular flexibility index (Phi) is 5.11. The van der Waals surface area contributed by atoms with E-state index in [9.17, 15) is 0 Å². The zero-order valence-corrected chi connectivity index (χ0v) is 10.3. The molecule has 0 amide bonds. The van der Waals surface area contributed by atoms with E-state index in [-0.39, 0.29) is 0 Å². The first-order chi connectivity index (χ1) is 6.76. The molecule has 1 aromatic heterocycles. The normalized spacial score (nSPS) is 12.5. The third kappa shape index (κ3) is 3.75. The predicted octanol–water partition coefficient (Wildman–Crippen LogP) is 2.36. The first-order valence-corrected chi connectivity index (χ1v) is 6.90. The van der Waals surface area contributed by atoms with Crippen LogP contribution in [0.3, 0.4) is 0 Å². The van der Waals surface area contributed by atoms with Gasteiger partial charge in [-0.25, -0.2) is 9.97 Å². The van der Waals surface area contributed by atoms with E-state index in [2.05, 4.69) is 28.5 Å². The molecule has 0 saturated carbocycles. The summed E-state index contributed by atoms with van der Waals surface area (Å²) in [5.41, 5.74) is 0. The Morgan fingerprint density at radius 1 is 1.43 bits per heavy atom. The number of thioether (sulfide) groups is 2. The molecular formula is C9H15N3S2. The zero-order chi connectivity index (χ0) is 10.4. The Labute approximate surface area is 93.5 Å². The van der Waals surface area contributed by atoms with E-state index in [1.54, 1.807) is 18.1 Å². The van der Waals surface area contributed by atoms with Crippen LogP contribution in [0.2, 0.25) is 0 Å². The summed E-state index contributed by atoms with van der Waals surface area (Å²) in [7, 11) is 0. The molecule has 1 heterocycles. The Hall–Kier alpha value is -0.420. The maximum atomic E-state index is 4.15. The first-order valence-electron chi connectivity index (χ1n) is 4.39. The number of nitrogens with zero attached hydrogens (tertiary/aromatic N) is 2. The molecule has 0 aliphatic rings. The molecule has 0 radical (unpaired) electrons. The van der Waals surface area contributed by atoms with Gasteiger partial charge in [0, 0.05) is 17.9 Å². The van der Waals surface area contributed by atoms with Gasteiger partial charge in [-0.1, -0.05) is 6.92 Å². The van der Waals surface area contributed by atoms with E-state index in [0.29, 0.717) is 5.25 Å². The summed E-state index contributed by atoms with van der Waals surface area (Å²) in [4.78, 5) is 8.26. The van der Waals surface area contributed by atoms with Gasteiger partial charge in [-0.15, -0.1) is 11.8 Å². The fraction of sp³-hybridized carbons (Fsp3) is 0.556. The summed E-state index contributed by atoms with van der Waals surface area (Å²) >= 11 is 3.47. The smallest absolute Gasteiger partial charge is 0.130 e. The molecular weight excluding hydrogens is 214 g/mol. The van der Waals surface area contributed by atoms with Crippen LogP contribution in [0.5, 0.6) is 0 Å². The van der Waals surface area contributed by atoms with Crippen molar-refractivity contribution in [3.63, 3.8) is 0 Å². The number of hydrogen-bond acceptors (Lipinski definition) is 5. The molecule has 1 N–H and O–H groups in total. The molecule has 1 unspecified atom stereocenters. The van der Waals surface area contributed by atoms with Gasteiger partial charge in [0.1, 0.15) is 17.2 Å². The molecule has 0 aromatic carbocycles. The quantitative estimate of drug-likeness (QED) is 0.620. The molecule has 3 nitrogen and oxygen atoms in total.